The van der Waals surface area contributed by atoms with Crippen LogP contribution in [-0.4, -0.2) is 71.1 Å². The molecule has 3 N–H and O–H groups in total. The summed E-state index contributed by atoms with van der Waals surface area (Å²) >= 11 is 1.69. The van der Waals surface area contributed by atoms with E-state index in [-0.39, 0.29) is 11.9 Å². The Morgan fingerprint density at radius 2 is 1.62 bits per heavy atom. The highest BCUT2D eigenvalue weighted by atomic mass is 32.2. The zero-order valence-electron chi connectivity index (χ0n) is 21.3. The molecule has 4 rings (SSSR count). The van der Waals surface area contributed by atoms with Crippen molar-refractivity contribution < 1.29 is 34.1 Å². The maximum Gasteiger partial charge on any atom is 0.414 e. The zero-order valence-corrected chi connectivity index (χ0v) is 22.1. The largest absolute Gasteiger partial charge is 0.493 e. The summed E-state index contributed by atoms with van der Waals surface area (Å²) in [5.41, 5.74) is 1.92. The van der Waals surface area contributed by atoms with Gasteiger partial charge in [0.1, 0.15) is 0 Å². The molecule has 200 valence electrons. The Hall–Kier alpha value is -3.24. The van der Waals surface area contributed by atoms with Crippen LogP contribution in [0, 0.1) is 0 Å². The van der Waals surface area contributed by atoms with Crippen molar-refractivity contribution in [3.8, 4) is 11.5 Å². The van der Waals surface area contributed by atoms with Crippen molar-refractivity contribution in [1.29, 1.82) is 0 Å². The Morgan fingerprint density at radius 3 is 2.14 bits per heavy atom. The quantitative estimate of drug-likeness (QED) is 0.344. The molecule has 9 nitrogen and oxygen atoms in total. The number of aliphatic carboxylic acids is 2. The summed E-state index contributed by atoms with van der Waals surface area (Å²) in [5.74, 6) is -1.69. The number of carboxylic acids is 2. The van der Waals surface area contributed by atoms with Gasteiger partial charge in [-0.1, -0.05) is 37.3 Å². The Bertz CT molecular complexity index is 1070. The number of carbonyl (C=O) groups is 3. The number of ether oxygens (including phenoxy) is 2. The van der Waals surface area contributed by atoms with Crippen molar-refractivity contribution in [2.24, 2.45) is 0 Å². The lowest BCUT2D eigenvalue weighted by atomic mass is 9.96. The van der Waals surface area contributed by atoms with Crippen LogP contribution in [0.3, 0.4) is 0 Å². The van der Waals surface area contributed by atoms with Gasteiger partial charge in [-0.15, -0.1) is 11.8 Å². The number of thioether (sulfide) groups is 1. The van der Waals surface area contributed by atoms with Crippen molar-refractivity contribution >= 4 is 29.6 Å². The van der Waals surface area contributed by atoms with E-state index in [4.69, 9.17) is 29.3 Å². The van der Waals surface area contributed by atoms with Gasteiger partial charge in [-0.3, -0.25) is 9.69 Å². The molecule has 0 spiro atoms. The smallest absolute Gasteiger partial charge is 0.414 e. The van der Waals surface area contributed by atoms with Crippen LogP contribution in [0.5, 0.6) is 11.5 Å². The Labute approximate surface area is 221 Å². The molecular formula is C27H34N2O7S. The number of nitrogens with zero attached hydrogens (tertiary/aromatic N) is 1. The average molecular weight is 531 g/mol. The topological polar surface area (TPSA) is 125 Å². The summed E-state index contributed by atoms with van der Waals surface area (Å²) in [5, 5.41) is 18.1. The van der Waals surface area contributed by atoms with Crippen LogP contribution in [0.4, 0.5) is 0 Å². The molecule has 2 aromatic rings. The normalized spacial score (nSPS) is 20.4. The van der Waals surface area contributed by atoms with Crippen LogP contribution in [-0.2, 0) is 16.1 Å². The molecule has 2 heterocycles. The summed E-state index contributed by atoms with van der Waals surface area (Å²) in [6, 6.07) is 15.8. The maximum absolute atomic E-state index is 13.3. The predicted molar refractivity (Wildman–Crippen MR) is 140 cm³/mol. The molecule has 2 aliphatic rings. The number of hydrogen-bond acceptors (Lipinski definition) is 7. The lowest BCUT2D eigenvalue weighted by molar-refractivity contribution is -0.159. The first kappa shape index (κ1) is 28.3. The van der Waals surface area contributed by atoms with Crippen LogP contribution in [0.25, 0.3) is 0 Å². The van der Waals surface area contributed by atoms with Crippen molar-refractivity contribution in [3.05, 3.63) is 53.6 Å². The molecule has 2 aliphatic heterocycles. The maximum atomic E-state index is 13.3. The minimum Gasteiger partial charge on any atom is -0.493 e. The summed E-state index contributed by atoms with van der Waals surface area (Å²) in [6.07, 6.45) is 4.42. The number of amides is 1. The van der Waals surface area contributed by atoms with Crippen LogP contribution in [0.15, 0.2) is 47.4 Å². The summed E-state index contributed by atoms with van der Waals surface area (Å²) in [6.45, 7) is 3.10. The van der Waals surface area contributed by atoms with Crippen LogP contribution in [0.2, 0.25) is 0 Å². The lowest BCUT2D eigenvalue weighted by Crippen LogP contribution is -2.50. The summed E-state index contributed by atoms with van der Waals surface area (Å²) in [7, 11) is 3.20. The highest BCUT2D eigenvalue weighted by Gasteiger charge is 2.41. The van der Waals surface area contributed by atoms with E-state index in [9.17, 15) is 4.79 Å². The van der Waals surface area contributed by atoms with E-state index in [1.54, 1.807) is 26.0 Å². The van der Waals surface area contributed by atoms with E-state index in [0.29, 0.717) is 29.1 Å². The fourth-order valence-electron chi connectivity index (χ4n) is 5.07. The van der Waals surface area contributed by atoms with Crippen LogP contribution < -0.4 is 14.8 Å². The molecular weight excluding hydrogens is 496 g/mol. The Kier molecular flexibility index (Phi) is 10.2. The number of piperidine rings is 1. The minimum absolute atomic E-state index is 0.0744. The van der Waals surface area contributed by atoms with Crippen LogP contribution in [0.1, 0.15) is 48.5 Å². The van der Waals surface area contributed by atoms with Gasteiger partial charge >= 0.3 is 11.9 Å². The second-order valence-corrected chi connectivity index (χ2v) is 10.3. The number of nitrogens with one attached hydrogen (secondary N) is 1. The van der Waals surface area contributed by atoms with E-state index in [1.165, 1.54) is 18.4 Å². The molecule has 2 unspecified atom stereocenters. The number of carboxylic acid groups (broad SMARTS) is 2. The number of carbonyl (C=O) groups excluding carboxylic acids is 1. The van der Waals surface area contributed by atoms with Gasteiger partial charge in [-0.05, 0) is 49.1 Å². The number of methoxy groups -OCH3 is 2. The molecule has 0 radical (unpaired) electrons. The first-order valence-electron chi connectivity index (χ1n) is 12.2. The molecule has 2 atom stereocenters. The van der Waals surface area contributed by atoms with Gasteiger partial charge in [0.25, 0.3) is 5.91 Å². The van der Waals surface area contributed by atoms with Gasteiger partial charge in [0.2, 0.25) is 0 Å². The van der Waals surface area contributed by atoms with Gasteiger partial charge in [0.05, 0.1) is 19.8 Å². The van der Waals surface area contributed by atoms with Gasteiger partial charge in [-0.25, -0.2) is 9.59 Å². The van der Waals surface area contributed by atoms with Crippen molar-refractivity contribution in [2.75, 3.05) is 20.0 Å². The van der Waals surface area contributed by atoms with Crippen molar-refractivity contribution in [3.63, 3.8) is 0 Å². The summed E-state index contributed by atoms with van der Waals surface area (Å²) < 4.78 is 11.0. The average Bonchev–Trinajstić information content (AvgIpc) is 3.11. The molecule has 2 bridgehead atoms. The third kappa shape index (κ3) is 7.39. The second kappa shape index (κ2) is 13.3. The van der Waals surface area contributed by atoms with E-state index in [2.05, 4.69) is 47.5 Å². The first-order valence-corrected chi connectivity index (χ1v) is 13.2. The standard InChI is InChI=1S/C25H32N2O3S.C2H2O4/c1-4-31-21-14-22(24(30-3)23(15-21)29-2)25(28)26-18-12-19-10-11-20(13-18)27(19)16-17-8-6-5-7-9-17;3-1(4)2(5)6/h5-9,14-15,18-20H,4,10-13,16H2,1-3H3,(H,26,28);(H,3,4)(H,5,6). The monoisotopic (exact) mass is 530 g/mol. The third-order valence-electron chi connectivity index (χ3n) is 6.62. The molecule has 2 aromatic carbocycles. The first-order chi connectivity index (χ1) is 17.8. The van der Waals surface area contributed by atoms with E-state index >= 15 is 0 Å². The fraction of sp³-hybridized carbons (Fsp3) is 0.444. The molecule has 0 aliphatic carbocycles. The minimum atomic E-state index is -1.82. The predicted octanol–water partition coefficient (Wildman–Crippen LogP) is 3.90. The molecule has 2 saturated heterocycles. The van der Waals surface area contributed by atoms with E-state index in [0.717, 1.165) is 30.0 Å². The Balaban J connectivity index is 0.000000568. The SMILES string of the molecule is CCSc1cc(OC)c(OC)c(C(=O)NC2CC3CCC(C2)N3Cc2ccccc2)c1.O=C(O)C(=O)O. The second-order valence-electron chi connectivity index (χ2n) is 8.93. The van der Waals surface area contributed by atoms with E-state index in [1.807, 2.05) is 12.1 Å². The summed E-state index contributed by atoms with van der Waals surface area (Å²) in [4.78, 5) is 35.1. The zero-order chi connectivity index (χ0) is 26.9. The lowest BCUT2D eigenvalue weighted by Gasteiger charge is -2.39. The molecule has 0 aromatic heterocycles. The highest BCUT2D eigenvalue weighted by Crippen LogP contribution is 2.38. The fourth-order valence-corrected chi connectivity index (χ4v) is 5.79. The molecule has 2 fully saturated rings. The van der Waals surface area contributed by atoms with Crippen LogP contribution >= 0.6 is 11.8 Å². The third-order valence-corrected chi connectivity index (χ3v) is 7.48. The number of fused-ring (bicyclic) bond motifs is 2. The van der Waals surface area contributed by atoms with Gasteiger partial charge < -0.3 is 25.0 Å². The van der Waals surface area contributed by atoms with Gasteiger partial charge in [0.15, 0.2) is 11.5 Å². The van der Waals surface area contributed by atoms with Gasteiger partial charge in [0, 0.05) is 29.6 Å². The molecule has 37 heavy (non-hydrogen) atoms. The highest BCUT2D eigenvalue weighted by molar-refractivity contribution is 7.99. The van der Waals surface area contributed by atoms with Crippen molar-refractivity contribution in [1.82, 2.24) is 10.2 Å². The number of hydrogen-bond donors (Lipinski definition) is 3. The van der Waals surface area contributed by atoms with Crippen molar-refractivity contribution in [2.45, 2.75) is 62.2 Å². The Morgan fingerprint density at radius 1 is 1.00 bits per heavy atom. The number of benzene rings is 2. The molecule has 10 heteroatoms. The molecule has 0 saturated carbocycles. The number of rotatable bonds is 8. The van der Waals surface area contributed by atoms with E-state index < -0.39 is 11.9 Å². The van der Waals surface area contributed by atoms with Gasteiger partial charge in [-0.2, -0.15) is 0 Å². The molecule has 1 amide bonds.